The second-order valence-corrected chi connectivity index (χ2v) is 5.99. The highest BCUT2D eigenvalue weighted by Crippen LogP contribution is 2.16. The van der Waals surface area contributed by atoms with E-state index in [2.05, 4.69) is 10.3 Å². The predicted molar refractivity (Wildman–Crippen MR) is 94.0 cm³/mol. The Balaban J connectivity index is 1.77. The van der Waals surface area contributed by atoms with Crippen LogP contribution in [-0.4, -0.2) is 15.5 Å². The molecule has 0 bridgehead atoms. The number of carbonyl (C=O) groups is 1. The third-order valence-electron chi connectivity index (χ3n) is 3.85. The summed E-state index contributed by atoms with van der Waals surface area (Å²) in [6.45, 7) is 1.67. The van der Waals surface area contributed by atoms with Crippen LogP contribution in [0.25, 0.3) is 10.9 Å². The minimum Gasteiger partial charge on any atom is -0.350 e. The molecule has 0 radical (unpaired) electrons. The molecule has 0 aliphatic heterocycles. The van der Waals surface area contributed by atoms with Crippen LogP contribution in [0.3, 0.4) is 0 Å². The SMILES string of the molecule is Cc1nc2ccccc2c(=O)n1CC(=O)NCc1ccc(F)cc1Cl. The van der Waals surface area contributed by atoms with Gasteiger partial charge in [-0.2, -0.15) is 0 Å². The van der Waals surface area contributed by atoms with Gasteiger partial charge in [0.05, 0.1) is 10.9 Å². The van der Waals surface area contributed by atoms with Gasteiger partial charge in [0.1, 0.15) is 18.2 Å². The average Bonchev–Trinajstić information content (AvgIpc) is 2.58. The summed E-state index contributed by atoms with van der Waals surface area (Å²) in [5.41, 5.74) is 0.926. The molecule has 1 aromatic heterocycles. The molecule has 0 atom stereocenters. The lowest BCUT2D eigenvalue weighted by Crippen LogP contribution is -2.33. The number of fused-ring (bicyclic) bond motifs is 1. The van der Waals surface area contributed by atoms with E-state index in [1.54, 1.807) is 31.2 Å². The van der Waals surface area contributed by atoms with Gasteiger partial charge in [0.15, 0.2) is 0 Å². The first-order chi connectivity index (χ1) is 12.0. The molecule has 2 aromatic carbocycles. The number of benzene rings is 2. The van der Waals surface area contributed by atoms with Crippen LogP contribution in [0.2, 0.25) is 5.02 Å². The standard InChI is InChI=1S/C18H15ClFN3O2/c1-11-22-16-5-3-2-4-14(16)18(25)23(11)10-17(24)21-9-12-6-7-13(20)8-15(12)19/h2-8H,9-10H2,1H3,(H,21,24). The number of halogens is 2. The van der Waals surface area contributed by atoms with E-state index in [1.165, 1.54) is 22.8 Å². The number of amides is 1. The molecule has 5 nitrogen and oxygen atoms in total. The molecule has 0 aliphatic rings. The van der Waals surface area contributed by atoms with E-state index < -0.39 is 5.82 Å². The fraction of sp³-hybridized carbons (Fsp3) is 0.167. The molecule has 7 heteroatoms. The largest absolute Gasteiger partial charge is 0.350 e. The number of hydrogen-bond donors (Lipinski definition) is 1. The number of rotatable bonds is 4. The molecule has 25 heavy (non-hydrogen) atoms. The van der Waals surface area contributed by atoms with Crippen molar-refractivity contribution in [3.63, 3.8) is 0 Å². The normalized spacial score (nSPS) is 10.8. The molecule has 1 heterocycles. The molecule has 0 spiro atoms. The second kappa shape index (κ2) is 7.03. The number of para-hydroxylation sites is 1. The summed E-state index contributed by atoms with van der Waals surface area (Å²) >= 11 is 5.93. The Bertz CT molecular complexity index is 1020. The Morgan fingerprint density at radius 3 is 2.80 bits per heavy atom. The van der Waals surface area contributed by atoms with Crippen molar-refractivity contribution in [2.45, 2.75) is 20.0 Å². The van der Waals surface area contributed by atoms with Crippen LogP contribution >= 0.6 is 11.6 Å². The summed E-state index contributed by atoms with van der Waals surface area (Å²) in [5, 5.41) is 3.37. The summed E-state index contributed by atoms with van der Waals surface area (Å²) in [6.07, 6.45) is 0. The molecule has 0 aliphatic carbocycles. The van der Waals surface area contributed by atoms with E-state index in [4.69, 9.17) is 11.6 Å². The van der Waals surface area contributed by atoms with Crippen molar-refractivity contribution in [2.24, 2.45) is 0 Å². The van der Waals surface area contributed by atoms with Gasteiger partial charge in [0.2, 0.25) is 5.91 Å². The van der Waals surface area contributed by atoms with Crippen LogP contribution in [0.1, 0.15) is 11.4 Å². The average molecular weight is 360 g/mol. The monoisotopic (exact) mass is 359 g/mol. The zero-order valence-electron chi connectivity index (χ0n) is 13.4. The zero-order chi connectivity index (χ0) is 18.0. The molecule has 0 saturated heterocycles. The molecule has 128 valence electrons. The van der Waals surface area contributed by atoms with Crippen LogP contribution < -0.4 is 10.9 Å². The summed E-state index contributed by atoms with van der Waals surface area (Å²) < 4.78 is 14.4. The van der Waals surface area contributed by atoms with Crippen molar-refractivity contribution in [1.29, 1.82) is 0 Å². The molecule has 1 amide bonds. The van der Waals surface area contributed by atoms with Crippen molar-refractivity contribution in [3.8, 4) is 0 Å². The van der Waals surface area contributed by atoms with Crippen molar-refractivity contribution < 1.29 is 9.18 Å². The Hall–Kier alpha value is -2.73. The van der Waals surface area contributed by atoms with Gasteiger partial charge in [0.25, 0.3) is 5.56 Å². The van der Waals surface area contributed by atoms with E-state index in [1.807, 2.05) is 0 Å². The molecule has 3 aromatic rings. The van der Waals surface area contributed by atoms with Gasteiger partial charge in [-0.3, -0.25) is 14.2 Å². The molecule has 1 N–H and O–H groups in total. The van der Waals surface area contributed by atoms with Gasteiger partial charge >= 0.3 is 0 Å². The zero-order valence-corrected chi connectivity index (χ0v) is 14.2. The van der Waals surface area contributed by atoms with Gasteiger partial charge in [-0.15, -0.1) is 0 Å². The summed E-state index contributed by atoms with van der Waals surface area (Å²) in [4.78, 5) is 29.1. The number of nitrogens with one attached hydrogen (secondary N) is 1. The van der Waals surface area contributed by atoms with Crippen molar-refractivity contribution in [1.82, 2.24) is 14.9 Å². The smallest absolute Gasteiger partial charge is 0.261 e. The number of aromatic nitrogens is 2. The van der Waals surface area contributed by atoms with Gasteiger partial charge in [0, 0.05) is 11.6 Å². The lowest BCUT2D eigenvalue weighted by molar-refractivity contribution is -0.121. The molecular formula is C18H15ClFN3O2. The molecule has 0 fully saturated rings. The van der Waals surface area contributed by atoms with E-state index in [0.29, 0.717) is 22.3 Å². The number of hydrogen-bond acceptors (Lipinski definition) is 3. The Labute approximate surface area is 148 Å². The number of carbonyl (C=O) groups excluding carboxylic acids is 1. The Kier molecular flexibility index (Phi) is 4.81. The summed E-state index contributed by atoms with van der Waals surface area (Å²) in [6, 6.07) is 11.0. The first-order valence-corrected chi connectivity index (χ1v) is 8.00. The van der Waals surface area contributed by atoms with E-state index in [0.717, 1.165) is 0 Å². The molecule has 3 rings (SSSR count). The first kappa shape index (κ1) is 17.1. The van der Waals surface area contributed by atoms with Crippen LogP contribution in [0.15, 0.2) is 47.3 Å². The van der Waals surface area contributed by atoms with Crippen LogP contribution in [0.5, 0.6) is 0 Å². The Morgan fingerprint density at radius 2 is 2.04 bits per heavy atom. The minimum atomic E-state index is -0.440. The van der Waals surface area contributed by atoms with Crippen LogP contribution in [-0.2, 0) is 17.9 Å². The first-order valence-electron chi connectivity index (χ1n) is 7.62. The van der Waals surface area contributed by atoms with Crippen molar-refractivity contribution in [3.05, 3.63) is 75.0 Å². The summed E-state index contributed by atoms with van der Waals surface area (Å²) in [7, 11) is 0. The number of aryl methyl sites for hydroxylation is 1. The van der Waals surface area contributed by atoms with Crippen molar-refractivity contribution >= 4 is 28.4 Å². The van der Waals surface area contributed by atoms with Gasteiger partial charge in [-0.25, -0.2) is 9.37 Å². The predicted octanol–water partition coefficient (Wildman–Crippen LogP) is 2.81. The second-order valence-electron chi connectivity index (χ2n) is 5.58. The van der Waals surface area contributed by atoms with Crippen molar-refractivity contribution in [2.75, 3.05) is 0 Å². The highest BCUT2D eigenvalue weighted by Gasteiger charge is 2.12. The number of nitrogens with zero attached hydrogens (tertiary/aromatic N) is 2. The third kappa shape index (κ3) is 3.69. The Morgan fingerprint density at radius 1 is 1.28 bits per heavy atom. The van der Waals surface area contributed by atoms with Gasteiger partial charge in [-0.05, 0) is 36.8 Å². The van der Waals surface area contributed by atoms with Crippen LogP contribution in [0, 0.1) is 12.7 Å². The fourth-order valence-corrected chi connectivity index (χ4v) is 2.76. The van der Waals surface area contributed by atoms with Crippen LogP contribution in [0.4, 0.5) is 4.39 Å². The molecular weight excluding hydrogens is 345 g/mol. The lowest BCUT2D eigenvalue weighted by Gasteiger charge is -2.11. The van der Waals surface area contributed by atoms with E-state index in [-0.39, 0.29) is 29.6 Å². The van der Waals surface area contributed by atoms with E-state index >= 15 is 0 Å². The maximum Gasteiger partial charge on any atom is 0.261 e. The summed E-state index contributed by atoms with van der Waals surface area (Å²) in [5.74, 6) is -0.342. The minimum absolute atomic E-state index is 0.146. The third-order valence-corrected chi connectivity index (χ3v) is 4.20. The van der Waals surface area contributed by atoms with E-state index in [9.17, 15) is 14.0 Å². The lowest BCUT2D eigenvalue weighted by atomic mass is 10.2. The quantitative estimate of drug-likeness (QED) is 0.779. The van der Waals surface area contributed by atoms with Gasteiger partial charge in [-0.1, -0.05) is 29.8 Å². The highest BCUT2D eigenvalue weighted by atomic mass is 35.5. The molecule has 0 unspecified atom stereocenters. The fourth-order valence-electron chi connectivity index (χ4n) is 2.52. The molecule has 0 saturated carbocycles. The maximum absolute atomic E-state index is 13.0. The topological polar surface area (TPSA) is 64.0 Å². The van der Waals surface area contributed by atoms with Gasteiger partial charge < -0.3 is 5.32 Å². The maximum atomic E-state index is 13.0. The highest BCUT2D eigenvalue weighted by molar-refractivity contribution is 6.31.